The van der Waals surface area contributed by atoms with Crippen molar-refractivity contribution in [2.75, 3.05) is 13.2 Å². The maximum absolute atomic E-state index is 12.4. The number of fused-ring (bicyclic) bond motifs is 1. The van der Waals surface area contributed by atoms with E-state index in [-0.39, 0.29) is 30.0 Å². The zero-order valence-corrected chi connectivity index (χ0v) is 14.7. The van der Waals surface area contributed by atoms with Crippen LogP contribution in [0.25, 0.3) is 17.0 Å². The highest BCUT2D eigenvalue weighted by atomic mass is 16.4. The van der Waals surface area contributed by atoms with Crippen molar-refractivity contribution >= 4 is 28.7 Å². The maximum atomic E-state index is 12.4. The monoisotopic (exact) mass is 379 g/mol. The quantitative estimate of drug-likeness (QED) is 0.343. The molecule has 0 aliphatic rings. The molecule has 0 saturated carbocycles. The average molecular weight is 379 g/mol. The predicted molar refractivity (Wildman–Crippen MR) is 103 cm³/mol. The molecule has 3 N–H and O–H groups in total. The van der Waals surface area contributed by atoms with Crippen LogP contribution in [-0.4, -0.2) is 35.1 Å². The van der Waals surface area contributed by atoms with Crippen LogP contribution < -0.4 is 10.9 Å². The topological polar surface area (TPSA) is 117 Å². The number of aliphatic hydroxyl groups excluding tert-OH is 1. The lowest BCUT2D eigenvalue weighted by atomic mass is 10.1. The molecule has 1 amide bonds. The third kappa shape index (κ3) is 3.99. The van der Waals surface area contributed by atoms with Crippen LogP contribution in [0, 0.1) is 0 Å². The summed E-state index contributed by atoms with van der Waals surface area (Å²) >= 11 is 0. The summed E-state index contributed by atoms with van der Waals surface area (Å²) in [6, 6.07) is 12.8. The first-order valence-electron chi connectivity index (χ1n) is 8.47. The highest BCUT2D eigenvalue weighted by molar-refractivity contribution is 6.10. The third-order valence-corrected chi connectivity index (χ3v) is 4.01. The summed E-state index contributed by atoms with van der Waals surface area (Å²) in [5, 5.41) is 21.9. The van der Waals surface area contributed by atoms with Gasteiger partial charge in [0, 0.05) is 12.1 Å². The van der Waals surface area contributed by atoms with Gasteiger partial charge in [0.25, 0.3) is 5.91 Å². The van der Waals surface area contributed by atoms with Gasteiger partial charge >= 0.3 is 5.63 Å². The first-order chi connectivity index (χ1) is 13.5. The van der Waals surface area contributed by atoms with Crippen LogP contribution in [0.4, 0.5) is 0 Å². The lowest BCUT2D eigenvalue weighted by molar-refractivity contribution is 0.0944. The van der Waals surface area contributed by atoms with Gasteiger partial charge in [-0.25, -0.2) is 4.79 Å². The van der Waals surface area contributed by atoms with Gasteiger partial charge in [-0.15, -0.1) is 0 Å². The van der Waals surface area contributed by atoms with Gasteiger partial charge in [-0.3, -0.25) is 9.59 Å². The van der Waals surface area contributed by atoms with E-state index in [0.717, 1.165) is 6.08 Å². The van der Waals surface area contributed by atoms with Crippen molar-refractivity contribution in [3.63, 3.8) is 0 Å². The van der Waals surface area contributed by atoms with Crippen molar-refractivity contribution in [3.05, 3.63) is 81.7 Å². The average Bonchev–Trinajstić information content (AvgIpc) is 2.70. The van der Waals surface area contributed by atoms with E-state index in [0.29, 0.717) is 11.1 Å². The van der Waals surface area contributed by atoms with Crippen LogP contribution in [0.15, 0.2) is 63.8 Å². The summed E-state index contributed by atoms with van der Waals surface area (Å²) in [6.07, 6.45) is 2.56. The number of allylic oxidation sites excluding steroid dienone is 1. The van der Waals surface area contributed by atoms with Crippen molar-refractivity contribution in [3.8, 4) is 5.75 Å². The summed E-state index contributed by atoms with van der Waals surface area (Å²) in [5.74, 6) is -1.51. The normalized spacial score (nSPS) is 11.0. The highest BCUT2D eigenvalue weighted by Gasteiger charge is 2.18. The van der Waals surface area contributed by atoms with Crippen molar-refractivity contribution in [1.82, 2.24) is 5.32 Å². The Morgan fingerprint density at radius 3 is 2.68 bits per heavy atom. The minimum absolute atomic E-state index is 0.133. The van der Waals surface area contributed by atoms with E-state index >= 15 is 0 Å². The zero-order chi connectivity index (χ0) is 20.1. The van der Waals surface area contributed by atoms with Crippen LogP contribution in [0.1, 0.15) is 26.3 Å². The smallest absolute Gasteiger partial charge is 0.351 e. The predicted octanol–water partition coefficient (Wildman–Crippen LogP) is 2.12. The fraction of sp³-hybridized carbons (Fsp3) is 0.0952. The number of rotatable bonds is 6. The first kappa shape index (κ1) is 19.1. The number of aromatic hydroxyl groups is 1. The molecule has 1 heterocycles. The molecule has 1 aromatic heterocycles. The second-order valence-corrected chi connectivity index (χ2v) is 5.91. The van der Waals surface area contributed by atoms with Crippen LogP contribution in [0.3, 0.4) is 0 Å². The standard InChI is InChI=1S/C21H17NO6/c23-11-10-22-20(26)14-5-3-4-13(12-14)8-9-16(24)18-19(25)15-6-1-2-7-17(15)28-21(18)27/h1-9,12,23,25H,10-11H2,(H,22,26). The number of amides is 1. The Balaban J connectivity index is 1.88. The van der Waals surface area contributed by atoms with E-state index in [1.54, 1.807) is 42.5 Å². The Labute approximate surface area is 159 Å². The van der Waals surface area contributed by atoms with Gasteiger partial charge in [0.05, 0.1) is 12.0 Å². The molecule has 3 aromatic rings. The molecule has 0 aliphatic heterocycles. The summed E-state index contributed by atoms with van der Waals surface area (Å²) in [6.45, 7) is -0.0356. The van der Waals surface area contributed by atoms with Crippen LogP contribution in [0.5, 0.6) is 5.75 Å². The second-order valence-electron chi connectivity index (χ2n) is 5.91. The molecule has 142 valence electrons. The van der Waals surface area contributed by atoms with Gasteiger partial charge in [-0.05, 0) is 35.9 Å². The SMILES string of the molecule is O=C(NCCO)c1cccc(C=CC(=O)c2c(O)c3ccccc3oc2=O)c1. The van der Waals surface area contributed by atoms with Gasteiger partial charge in [-0.1, -0.05) is 30.3 Å². The number of nitrogens with one attached hydrogen (secondary N) is 1. The number of para-hydroxylation sites is 1. The van der Waals surface area contributed by atoms with Crippen molar-refractivity contribution in [2.45, 2.75) is 0 Å². The Morgan fingerprint density at radius 2 is 1.89 bits per heavy atom. The number of carbonyl (C=O) groups excluding carboxylic acids is 2. The molecule has 0 unspecified atom stereocenters. The molecule has 28 heavy (non-hydrogen) atoms. The van der Waals surface area contributed by atoms with Crippen LogP contribution >= 0.6 is 0 Å². The molecule has 0 saturated heterocycles. The molecule has 2 aromatic carbocycles. The summed E-state index contributed by atoms with van der Waals surface area (Å²) in [7, 11) is 0. The van der Waals surface area contributed by atoms with Gasteiger partial charge in [0.2, 0.25) is 0 Å². The molecule has 7 heteroatoms. The number of ketones is 1. The Bertz CT molecular complexity index is 1130. The summed E-state index contributed by atoms with van der Waals surface area (Å²) < 4.78 is 5.09. The Hall–Kier alpha value is -3.71. The number of carbonyl (C=O) groups is 2. The Kier molecular flexibility index (Phi) is 5.67. The molecule has 0 atom stereocenters. The lowest BCUT2D eigenvalue weighted by Crippen LogP contribution is -2.26. The molecule has 7 nitrogen and oxygen atoms in total. The van der Waals surface area contributed by atoms with E-state index in [4.69, 9.17) is 9.52 Å². The molecule has 0 spiro atoms. The molecule has 0 radical (unpaired) electrons. The zero-order valence-electron chi connectivity index (χ0n) is 14.7. The van der Waals surface area contributed by atoms with E-state index in [2.05, 4.69) is 5.32 Å². The second kappa shape index (κ2) is 8.32. The van der Waals surface area contributed by atoms with Crippen molar-refractivity contribution in [2.24, 2.45) is 0 Å². The van der Waals surface area contributed by atoms with Gasteiger partial charge in [0.15, 0.2) is 5.78 Å². The van der Waals surface area contributed by atoms with E-state index in [1.807, 2.05) is 0 Å². The summed E-state index contributed by atoms with van der Waals surface area (Å²) in [5.41, 5.74) is -0.285. The fourth-order valence-corrected chi connectivity index (χ4v) is 2.66. The molecular weight excluding hydrogens is 362 g/mol. The van der Waals surface area contributed by atoms with Crippen LogP contribution in [0.2, 0.25) is 0 Å². The van der Waals surface area contributed by atoms with Crippen molar-refractivity contribution < 1.29 is 24.2 Å². The van der Waals surface area contributed by atoms with Gasteiger partial charge in [-0.2, -0.15) is 0 Å². The molecule has 0 fully saturated rings. The molecular formula is C21H17NO6. The number of hydrogen-bond donors (Lipinski definition) is 3. The minimum Gasteiger partial charge on any atom is -0.506 e. The number of aliphatic hydroxyl groups is 1. The molecule has 3 rings (SSSR count). The Morgan fingerprint density at radius 1 is 1.11 bits per heavy atom. The molecule has 0 bridgehead atoms. The molecule has 0 aliphatic carbocycles. The fourth-order valence-electron chi connectivity index (χ4n) is 2.66. The highest BCUT2D eigenvalue weighted by Crippen LogP contribution is 2.26. The van der Waals surface area contributed by atoms with E-state index < -0.39 is 22.7 Å². The summed E-state index contributed by atoms with van der Waals surface area (Å²) in [4.78, 5) is 36.5. The van der Waals surface area contributed by atoms with E-state index in [9.17, 15) is 19.5 Å². The van der Waals surface area contributed by atoms with Crippen molar-refractivity contribution in [1.29, 1.82) is 0 Å². The van der Waals surface area contributed by atoms with Gasteiger partial charge < -0.3 is 19.9 Å². The lowest BCUT2D eigenvalue weighted by Gasteiger charge is -2.04. The third-order valence-electron chi connectivity index (χ3n) is 4.01. The number of benzene rings is 2. The number of hydrogen-bond acceptors (Lipinski definition) is 6. The van der Waals surface area contributed by atoms with Crippen LogP contribution in [-0.2, 0) is 0 Å². The minimum atomic E-state index is -0.928. The van der Waals surface area contributed by atoms with Gasteiger partial charge in [0.1, 0.15) is 16.9 Å². The maximum Gasteiger partial charge on any atom is 0.351 e. The largest absolute Gasteiger partial charge is 0.506 e. The van der Waals surface area contributed by atoms with E-state index in [1.165, 1.54) is 12.1 Å². The first-order valence-corrected chi connectivity index (χ1v) is 8.47.